The summed E-state index contributed by atoms with van der Waals surface area (Å²) in [5.74, 6) is 3.34. The molecule has 0 radical (unpaired) electrons. The Hall–Kier alpha value is -7.62. The largest absolute Gasteiger partial charge is 0.456 e. The molecule has 0 aliphatic heterocycles. The molecule has 3 nitrogen and oxygen atoms in total. The maximum absolute atomic E-state index is 6.79. The Kier molecular flexibility index (Phi) is 7.96. The van der Waals surface area contributed by atoms with E-state index in [-0.39, 0.29) is 5.41 Å². The third kappa shape index (κ3) is 5.34. The van der Waals surface area contributed by atoms with Gasteiger partial charge in [0.1, 0.15) is 11.2 Å². The van der Waals surface area contributed by atoms with Gasteiger partial charge in [-0.2, -0.15) is 0 Å². The lowest BCUT2D eigenvalue weighted by Crippen LogP contribution is -2.55. The molecule has 0 saturated heterocycles. The average Bonchev–Trinajstić information content (AvgIpc) is 4.03. The number of hydrogen-bond donors (Lipinski definition) is 0. The highest BCUT2D eigenvalue weighted by Gasteiger charge is 2.61. The third-order valence-corrected chi connectivity index (χ3v) is 16.8. The number of aromatic nitrogens is 1. The van der Waals surface area contributed by atoms with Crippen molar-refractivity contribution in [1.29, 1.82) is 0 Å². The van der Waals surface area contributed by atoms with Crippen molar-refractivity contribution in [2.24, 2.45) is 23.7 Å². The van der Waals surface area contributed by atoms with Crippen LogP contribution in [0.15, 0.2) is 211 Å². The summed E-state index contributed by atoms with van der Waals surface area (Å²) >= 11 is 0. The normalized spacial score (nSPS) is 21.2. The quantitative estimate of drug-likeness (QED) is 0.166. The Labute approximate surface area is 390 Å². The Morgan fingerprint density at radius 3 is 1.88 bits per heavy atom. The summed E-state index contributed by atoms with van der Waals surface area (Å²) in [6, 6.07) is 76.5. The van der Waals surface area contributed by atoms with Crippen LogP contribution in [0, 0.1) is 23.7 Å². The van der Waals surface area contributed by atoms with Gasteiger partial charge in [0, 0.05) is 44.0 Å². The van der Waals surface area contributed by atoms with Gasteiger partial charge in [-0.25, -0.2) is 0 Å². The fraction of sp³-hybridized carbons (Fsp3) is 0.156. The highest BCUT2D eigenvalue weighted by atomic mass is 16.3. The number of furan rings is 1. The van der Waals surface area contributed by atoms with Crippen molar-refractivity contribution >= 4 is 60.8 Å². The molecule has 3 heteroatoms. The Morgan fingerprint density at radius 1 is 0.418 bits per heavy atom. The zero-order valence-electron chi connectivity index (χ0n) is 37.3. The van der Waals surface area contributed by atoms with Crippen LogP contribution in [0.3, 0.4) is 0 Å². The number of benzene rings is 9. The zero-order valence-corrected chi connectivity index (χ0v) is 37.3. The SMILES string of the molecule is c1ccc(-c2ccc(N(c3ccc4oc5cccc(-c6ccc7c(c6)-c6ccccc6C76C7CC8CC(C7)CC6C8)c5c4c3)c3cccc4c3c3ccccc3n4-c3ccccc3)cc2)cc1. The van der Waals surface area contributed by atoms with Crippen LogP contribution in [0.5, 0.6) is 0 Å². The van der Waals surface area contributed by atoms with Crippen LogP contribution in [0.25, 0.3) is 82.8 Å². The van der Waals surface area contributed by atoms with E-state index in [1.807, 2.05) is 0 Å². The van der Waals surface area contributed by atoms with E-state index >= 15 is 0 Å². The molecule has 0 amide bonds. The predicted molar refractivity (Wildman–Crippen MR) is 277 cm³/mol. The molecule has 0 unspecified atom stereocenters. The van der Waals surface area contributed by atoms with Gasteiger partial charge in [0.05, 0.1) is 16.7 Å². The van der Waals surface area contributed by atoms with Crippen LogP contribution >= 0.6 is 0 Å². The van der Waals surface area contributed by atoms with Gasteiger partial charge < -0.3 is 13.9 Å². The summed E-state index contributed by atoms with van der Waals surface area (Å²) in [4.78, 5) is 2.45. The van der Waals surface area contributed by atoms with Crippen molar-refractivity contribution in [3.05, 3.63) is 217 Å². The van der Waals surface area contributed by atoms with Crippen LogP contribution in [0.4, 0.5) is 17.1 Å². The van der Waals surface area contributed by atoms with Crippen LogP contribution in [0.1, 0.15) is 43.2 Å². The second-order valence-corrected chi connectivity index (χ2v) is 20.0. The van der Waals surface area contributed by atoms with Crippen LogP contribution in [-0.2, 0) is 5.41 Å². The third-order valence-electron chi connectivity index (χ3n) is 16.8. The molecule has 67 heavy (non-hydrogen) atoms. The van der Waals surface area contributed by atoms with Crippen molar-refractivity contribution in [2.75, 3.05) is 4.90 Å². The zero-order chi connectivity index (χ0) is 43.8. The minimum atomic E-state index is 0.153. The number of para-hydroxylation sites is 2. The number of fused-ring (bicyclic) bond motifs is 9. The van der Waals surface area contributed by atoms with E-state index in [4.69, 9.17) is 4.42 Å². The van der Waals surface area contributed by atoms with E-state index in [0.717, 1.165) is 68.4 Å². The van der Waals surface area contributed by atoms with E-state index in [0.29, 0.717) is 0 Å². The maximum Gasteiger partial charge on any atom is 0.136 e. The first-order chi connectivity index (χ1) is 33.2. The molecule has 5 aliphatic rings. The summed E-state index contributed by atoms with van der Waals surface area (Å²) in [5, 5.41) is 4.70. The first kappa shape index (κ1) is 37.6. The topological polar surface area (TPSA) is 21.3 Å². The van der Waals surface area contributed by atoms with Crippen LogP contribution in [-0.4, -0.2) is 4.57 Å². The van der Waals surface area contributed by atoms with Gasteiger partial charge in [-0.3, -0.25) is 0 Å². The first-order valence-corrected chi connectivity index (χ1v) is 24.4. The van der Waals surface area contributed by atoms with E-state index in [2.05, 4.69) is 216 Å². The summed E-state index contributed by atoms with van der Waals surface area (Å²) in [6.07, 6.45) is 7.03. The Morgan fingerprint density at radius 2 is 1.06 bits per heavy atom. The number of hydrogen-bond acceptors (Lipinski definition) is 2. The summed E-state index contributed by atoms with van der Waals surface area (Å²) in [5.41, 5.74) is 19.7. The predicted octanol–water partition coefficient (Wildman–Crippen LogP) is 17.2. The maximum atomic E-state index is 6.79. The molecule has 0 N–H and O–H groups in total. The molecule has 320 valence electrons. The number of anilines is 3. The molecule has 4 fully saturated rings. The van der Waals surface area contributed by atoms with Crippen molar-refractivity contribution in [1.82, 2.24) is 4.57 Å². The smallest absolute Gasteiger partial charge is 0.136 e. The highest BCUT2D eigenvalue weighted by molar-refractivity contribution is 6.18. The minimum absolute atomic E-state index is 0.153. The van der Waals surface area contributed by atoms with Crippen LogP contribution in [0.2, 0.25) is 0 Å². The van der Waals surface area contributed by atoms with Gasteiger partial charge in [-0.15, -0.1) is 0 Å². The lowest BCUT2D eigenvalue weighted by atomic mass is 9.43. The van der Waals surface area contributed by atoms with E-state index < -0.39 is 0 Å². The second kappa shape index (κ2) is 14.2. The summed E-state index contributed by atoms with van der Waals surface area (Å²) in [6.45, 7) is 0. The van der Waals surface area contributed by atoms with Gasteiger partial charge in [-0.1, -0.05) is 133 Å². The minimum Gasteiger partial charge on any atom is -0.456 e. The van der Waals surface area contributed by atoms with Gasteiger partial charge in [0.15, 0.2) is 0 Å². The number of nitrogens with zero attached hydrogens (tertiary/aromatic N) is 2. The first-order valence-electron chi connectivity index (χ1n) is 24.4. The van der Waals surface area contributed by atoms with Gasteiger partial charge in [0.2, 0.25) is 0 Å². The molecule has 16 rings (SSSR count). The molecule has 11 aromatic rings. The van der Waals surface area contributed by atoms with Crippen molar-refractivity contribution in [3.63, 3.8) is 0 Å². The lowest BCUT2D eigenvalue weighted by Gasteiger charge is -2.61. The molecule has 4 bridgehead atoms. The highest BCUT2D eigenvalue weighted by Crippen LogP contribution is 2.69. The molecular weight excluding hydrogens is 813 g/mol. The van der Waals surface area contributed by atoms with Gasteiger partial charge >= 0.3 is 0 Å². The van der Waals surface area contributed by atoms with E-state index in [9.17, 15) is 0 Å². The molecule has 0 atom stereocenters. The fourth-order valence-corrected chi connectivity index (χ4v) is 14.4. The Bertz CT molecular complexity index is 3740. The van der Waals surface area contributed by atoms with Crippen molar-refractivity contribution in [2.45, 2.75) is 37.5 Å². The second-order valence-electron chi connectivity index (χ2n) is 20.0. The molecule has 2 aromatic heterocycles. The monoisotopic (exact) mass is 860 g/mol. The molecular formula is C64H48N2O. The Balaban J connectivity index is 0.927. The number of rotatable bonds is 6. The van der Waals surface area contributed by atoms with Crippen LogP contribution < -0.4 is 4.90 Å². The van der Waals surface area contributed by atoms with E-state index in [1.54, 1.807) is 11.1 Å². The van der Waals surface area contributed by atoms with E-state index in [1.165, 1.54) is 87.3 Å². The lowest BCUT2D eigenvalue weighted by molar-refractivity contribution is -0.0399. The molecule has 9 aromatic carbocycles. The standard InChI is InChI=1S/C64H48N2O/c1-3-13-42(14-4-1)43-25-28-48(29-26-43)65(58-22-12-23-59-63(58)52-18-8-10-21-57(52)66(59)47-15-5-2-6-16-47)49-30-32-60-54(39-49)62-50(19-11-24-61(62)67-60)44-27-31-56-53(38-44)51-17-7-9-20-55(51)64(56)45-34-40-33-41(36-45)37-46(64)35-40/h1-32,38-41,45-46H,33-37H2. The average molecular weight is 861 g/mol. The van der Waals surface area contributed by atoms with Gasteiger partial charge in [0.25, 0.3) is 0 Å². The molecule has 4 saturated carbocycles. The summed E-state index contributed by atoms with van der Waals surface area (Å²) < 4.78 is 9.19. The molecule has 2 heterocycles. The fourth-order valence-electron chi connectivity index (χ4n) is 14.4. The van der Waals surface area contributed by atoms with Crippen molar-refractivity contribution in [3.8, 4) is 39.1 Å². The van der Waals surface area contributed by atoms with Gasteiger partial charge in [-0.05, 0) is 173 Å². The summed E-state index contributed by atoms with van der Waals surface area (Å²) in [7, 11) is 0. The molecule has 1 spiro atoms. The molecule has 5 aliphatic carbocycles. The van der Waals surface area contributed by atoms with Crippen molar-refractivity contribution < 1.29 is 4.42 Å².